The largest absolute Gasteiger partial charge is 0.486 e. The smallest absolute Gasteiger partial charge is 0.482 e. The molecule has 2 heterocycles. The number of nitrogens with zero attached hydrogens (tertiary/aromatic N) is 3. The second-order valence-electron chi connectivity index (χ2n) is 7.22. The first-order valence-electron chi connectivity index (χ1n) is 10.1. The number of amides is 1. The lowest BCUT2D eigenvalue weighted by atomic mass is 10.1. The van der Waals surface area contributed by atoms with Gasteiger partial charge in [0.2, 0.25) is 11.9 Å². The van der Waals surface area contributed by atoms with Crippen LogP contribution in [0.15, 0.2) is 45.3 Å². The lowest BCUT2D eigenvalue weighted by molar-refractivity contribution is -0.189. The predicted octanol–water partition coefficient (Wildman–Crippen LogP) is 3.97. The fourth-order valence-electron chi connectivity index (χ4n) is 3.21. The number of benzene rings is 2. The van der Waals surface area contributed by atoms with Gasteiger partial charge in [0.1, 0.15) is 18.8 Å². The second-order valence-corrected chi connectivity index (χ2v) is 7.22. The number of halogens is 5. The van der Waals surface area contributed by atoms with E-state index in [0.29, 0.717) is 0 Å². The van der Waals surface area contributed by atoms with Gasteiger partial charge in [0.25, 0.3) is 0 Å². The molecular formula is C21H17F5N6O4. The Hall–Kier alpha value is -4.43. The summed E-state index contributed by atoms with van der Waals surface area (Å²) in [6.07, 6.45) is -8.72. The number of ether oxygens (including phenoxy) is 3. The lowest BCUT2D eigenvalue weighted by Crippen LogP contribution is -2.43. The molecule has 0 saturated carbocycles. The summed E-state index contributed by atoms with van der Waals surface area (Å²) < 4.78 is 82.2. The summed E-state index contributed by atoms with van der Waals surface area (Å²) in [6, 6.07) is 5.96. The van der Waals surface area contributed by atoms with E-state index in [9.17, 15) is 26.7 Å². The Bertz CT molecular complexity index is 1280. The molecule has 0 spiro atoms. The highest BCUT2D eigenvalue weighted by Gasteiger charge is 2.46. The predicted molar refractivity (Wildman–Crippen MR) is 121 cm³/mol. The van der Waals surface area contributed by atoms with Crippen LogP contribution in [0.4, 0.5) is 39.0 Å². The first kappa shape index (κ1) is 24.7. The van der Waals surface area contributed by atoms with Gasteiger partial charge in [-0.25, -0.2) is 4.99 Å². The number of fused-ring (bicyclic) bond motifs is 2. The summed E-state index contributed by atoms with van der Waals surface area (Å²) in [5.41, 5.74) is -0.847. The Kier molecular flexibility index (Phi) is 6.39. The summed E-state index contributed by atoms with van der Waals surface area (Å²) in [5.74, 6) is -2.70. The van der Waals surface area contributed by atoms with Crippen molar-refractivity contribution in [1.82, 2.24) is 0 Å². The molecule has 2 aliphatic heterocycles. The van der Waals surface area contributed by atoms with Crippen molar-refractivity contribution in [2.24, 2.45) is 15.0 Å². The maximum Gasteiger partial charge on any atom is 0.482 e. The van der Waals surface area contributed by atoms with Gasteiger partial charge in [-0.15, -0.1) is 0 Å². The van der Waals surface area contributed by atoms with Crippen LogP contribution in [0.2, 0.25) is 0 Å². The van der Waals surface area contributed by atoms with Crippen LogP contribution in [0.25, 0.3) is 0 Å². The molecule has 0 unspecified atom stereocenters. The van der Waals surface area contributed by atoms with Crippen LogP contribution >= 0.6 is 0 Å². The zero-order valence-corrected chi connectivity index (χ0v) is 18.4. The maximum atomic E-state index is 13.5. The fraction of sp³-hybridized carbons (Fsp3) is 0.238. The second kappa shape index (κ2) is 9.31. The van der Waals surface area contributed by atoms with Crippen LogP contribution in [0.5, 0.6) is 17.2 Å². The zero-order valence-electron chi connectivity index (χ0n) is 18.4. The average Bonchev–Trinajstić information content (AvgIpc) is 2.82. The van der Waals surface area contributed by atoms with Gasteiger partial charge in [-0.05, 0) is 31.0 Å². The molecular weight excluding hydrogens is 495 g/mol. The molecule has 0 aliphatic carbocycles. The summed E-state index contributed by atoms with van der Waals surface area (Å²) in [4.78, 5) is 23.1. The van der Waals surface area contributed by atoms with Crippen LogP contribution < -0.4 is 30.2 Å². The van der Waals surface area contributed by atoms with Gasteiger partial charge in [-0.2, -0.15) is 26.9 Å². The minimum Gasteiger partial charge on any atom is -0.486 e. The van der Waals surface area contributed by atoms with Gasteiger partial charge in [-0.1, -0.05) is 0 Å². The van der Waals surface area contributed by atoms with Gasteiger partial charge in [0, 0.05) is 24.5 Å². The molecule has 10 nitrogen and oxygen atoms in total. The molecule has 1 amide bonds. The molecule has 36 heavy (non-hydrogen) atoms. The van der Waals surface area contributed by atoms with Crippen molar-refractivity contribution in [3.63, 3.8) is 0 Å². The molecule has 0 fully saturated rings. The molecule has 0 saturated heterocycles. The highest BCUT2D eigenvalue weighted by atomic mass is 19.4. The number of aliphatic imine (C=N–C) groups is 3. The van der Waals surface area contributed by atoms with Crippen LogP contribution in [-0.2, 0) is 11.0 Å². The van der Waals surface area contributed by atoms with Crippen molar-refractivity contribution in [2.75, 3.05) is 36.2 Å². The molecule has 0 bridgehead atoms. The molecule has 15 heteroatoms. The Balaban J connectivity index is 1.56. The number of guanidine groups is 2. The normalized spacial score (nSPS) is 16.9. The monoisotopic (exact) mass is 512 g/mol. The molecule has 190 valence electrons. The van der Waals surface area contributed by atoms with Crippen molar-refractivity contribution in [2.45, 2.75) is 12.3 Å². The number of alkyl halides is 5. The Morgan fingerprint density at radius 1 is 1.06 bits per heavy atom. The van der Waals surface area contributed by atoms with E-state index in [1.807, 2.05) is 5.32 Å². The van der Waals surface area contributed by atoms with E-state index in [0.717, 1.165) is 6.07 Å². The van der Waals surface area contributed by atoms with Crippen molar-refractivity contribution < 1.29 is 41.0 Å². The van der Waals surface area contributed by atoms with Crippen molar-refractivity contribution in [3.8, 4) is 17.2 Å². The SMILES string of the molecule is C=NC(=NC(=NC)Nc1ccc2c(c1)NC(=O)C(F)(F)O2)Nc1cc2c(c(C(F)(F)F)c1)OCCO2. The number of carbonyl (C=O) groups is 1. The number of hydrogen-bond donors (Lipinski definition) is 3. The summed E-state index contributed by atoms with van der Waals surface area (Å²) >= 11 is 0. The number of carbonyl (C=O) groups excluding carboxylic acids is 1. The fourth-order valence-corrected chi connectivity index (χ4v) is 3.21. The Morgan fingerprint density at radius 2 is 1.78 bits per heavy atom. The van der Waals surface area contributed by atoms with E-state index in [4.69, 9.17) is 9.47 Å². The van der Waals surface area contributed by atoms with Gasteiger partial charge >= 0.3 is 18.2 Å². The van der Waals surface area contributed by atoms with E-state index in [2.05, 4.69) is 37.1 Å². The number of anilines is 3. The van der Waals surface area contributed by atoms with Crippen molar-refractivity contribution >= 4 is 41.6 Å². The third kappa shape index (κ3) is 5.13. The first-order valence-corrected chi connectivity index (χ1v) is 10.1. The van der Waals surface area contributed by atoms with E-state index in [-0.39, 0.29) is 53.7 Å². The number of hydrogen-bond acceptors (Lipinski definition) is 5. The average molecular weight is 512 g/mol. The van der Waals surface area contributed by atoms with Gasteiger partial charge in [-0.3, -0.25) is 9.79 Å². The van der Waals surface area contributed by atoms with Crippen molar-refractivity contribution in [1.29, 1.82) is 0 Å². The third-order valence-corrected chi connectivity index (χ3v) is 4.76. The summed E-state index contributed by atoms with van der Waals surface area (Å²) in [5, 5.41) is 7.40. The van der Waals surface area contributed by atoms with Crippen LogP contribution in [-0.4, -0.2) is 50.9 Å². The summed E-state index contributed by atoms with van der Waals surface area (Å²) in [7, 11) is 1.36. The molecule has 4 rings (SSSR count). The van der Waals surface area contributed by atoms with E-state index < -0.39 is 29.5 Å². The van der Waals surface area contributed by atoms with Gasteiger partial charge in [0.05, 0.1) is 5.69 Å². The quantitative estimate of drug-likeness (QED) is 0.319. The summed E-state index contributed by atoms with van der Waals surface area (Å²) in [6.45, 7) is 3.41. The molecule has 0 radical (unpaired) electrons. The molecule has 3 N–H and O–H groups in total. The molecule has 2 aromatic carbocycles. The minimum atomic E-state index is -4.71. The minimum absolute atomic E-state index is 0.0211. The Labute approximate surface area is 199 Å². The molecule has 0 aromatic heterocycles. The lowest BCUT2D eigenvalue weighted by Gasteiger charge is -2.25. The molecule has 2 aromatic rings. The van der Waals surface area contributed by atoms with Crippen molar-refractivity contribution in [3.05, 3.63) is 35.9 Å². The first-order chi connectivity index (χ1) is 17.0. The number of nitrogens with one attached hydrogen (secondary N) is 3. The molecule has 0 atom stereocenters. The third-order valence-electron chi connectivity index (χ3n) is 4.76. The van der Waals surface area contributed by atoms with Crippen LogP contribution in [0.3, 0.4) is 0 Å². The Morgan fingerprint density at radius 3 is 2.47 bits per heavy atom. The highest BCUT2D eigenvalue weighted by Crippen LogP contribution is 2.45. The van der Waals surface area contributed by atoms with E-state index in [1.165, 1.54) is 31.3 Å². The van der Waals surface area contributed by atoms with Gasteiger partial charge in [0.15, 0.2) is 17.2 Å². The maximum absolute atomic E-state index is 13.5. The topological polar surface area (TPSA) is 118 Å². The molecule has 2 aliphatic rings. The zero-order chi connectivity index (χ0) is 26.1. The van der Waals surface area contributed by atoms with Gasteiger partial charge < -0.3 is 30.2 Å². The van der Waals surface area contributed by atoms with Crippen LogP contribution in [0, 0.1) is 0 Å². The van der Waals surface area contributed by atoms with Crippen LogP contribution in [0.1, 0.15) is 5.56 Å². The standard InChI is InChI=1S/C21H17F5N6O4/c1-27-18(29-10-3-4-14-13(8-10)31-17(33)21(25,26)36-14)32-19(28-2)30-11-7-12(20(22,23)24)16-15(9-11)34-5-6-35-16/h3-4,7-9H,2,5-6H2,1H3,(H,31,33)(H2,27,29,30,32). The van der Waals surface area contributed by atoms with E-state index >= 15 is 0 Å². The highest BCUT2D eigenvalue weighted by molar-refractivity contribution is 6.08. The van der Waals surface area contributed by atoms with E-state index in [1.54, 1.807) is 0 Å². The number of rotatable bonds is 2.